The number of hydrogen-bond acceptors (Lipinski definition) is 4. The molecule has 0 bridgehead atoms. The molecular weight excluding hydrogens is 465 g/mol. The molecule has 10 heteroatoms. The Kier molecular flexibility index (Phi) is 6.92. The number of carbonyl (C=O) groups excluding carboxylic acids is 2. The summed E-state index contributed by atoms with van der Waals surface area (Å²) in [6.07, 6.45) is -1.18. The zero-order chi connectivity index (χ0) is 24.4. The maximum atomic E-state index is 13.2. The standard InChI is InChI=1S/C24H25ClFN3O5/c1-27(24(33)34-19-8-6-18(26)7-9-19)21-14-29(13-20(21)15-2-4-17(25)5-3-15)22(30)16-10-11-28(12-16)23(31)32/h2-9,16,20-21H,10-14H2,1H3,(H,31,32)/t16?,20-,21+/m0/s1. The average Bonchev–Trinajstić information content (AvgIpc) is 3.48. The first-order chi connectivity index (χ1) is 16.2. The summed E-state index contributed by atoms with van der Waals surface area (Å²) in [6.45, 7) is 1.16. The number of carbonyl (C=O) groups is 3. The van der Waals surface area contributed by atoms with Crippen molar-refractivity contribution in [1.82, 2.24) is 14.7 Å². The van der Waals surface area contributed by atoms with E-state index in [9.17, 15) is 23.9 Å². The van der Waals surface area contributed by atoms with Gasteiger partial charge in [0.25, 0.3) is 0 Å². The summed E-state index contributed by atoms with van der Waals surface area (Å²) in [5.41, 5.74) is 0.921. The summed E-state index contributed by atoms with van der Waals surface area (Å²) < 4.78 is 18.6. The summed E-state index contributed by atoms with van der Waals surface area (Å²) in [4.78, 5) is 41.8. The molecule has 8 nitrogen and oxygen atoms in total. The third kappa shape index (κ3) is 5.09. The molecule has 2 aromatic carbocycles. The lowest BCUT2D eigenvalue weighted by Gasteiger charge is -2.28. The fraction of sp³-hybridized carbons (Fsp3) is 0.375. The van der Waals surface area contributed by atoms with Crippen LogP contribution in [0.25, 0.3) is 0 Å². The Bertz CT molecular complexity index is 1070. The third-order valence-electron chi connectivity index (χ3n) is 6.51. The van der Waals surface area contributed by atoms with Gasteiger partial charge in [-0.3, -0.25) is 4.79 Å². The molecule has 2 aliphatic rings. The normalized spacial score (nSPS) is 22.0. The lowest BCUT2D eigenvalue weighted by Crippen LogP contribution is -2.44. The van der Waals surface area contributed by atoms with Gasteiger partial charge in [-0.05, 0) is 48.4 Å². The van der Waals surface area contributed by atoms with Gasteiger partial charge in [-0.25, -0.2) is 14.0 Å². The molecule has 2 saturated heterocycles. The number of ether oxygens (including phenoxy) is 1. The van der Waals surface area contributed by atoms with Crippen molar-refractivity contribution in [1.29, 1.82) is 0 Å². The molecular formula is C24H25ClFN3O5. The van der Waals surface area contributed by atoms with Crippen molar-refractivity contribution >= 4 is 29.7 Å². The molecule has 0 radical (unpaired) electrons. The predicted molar refractivity (Wildman–Crippen MR) is 122 cm³/mol. The zero-order valence-corrected chi connectivity index (χ0v) is 19.3. The number of amides is 3. The second kappa shape index (κ2) is 9.89. The quantitative estimate of drug-likeness (QED) is 0.703. The van der Waals surface area contributed by atoms with Crippen LogP contribution in [0.3, 0.4) is 0 Å². The fourth-order valence-electron chi connectivity index (χ4n) is 4.60. The van der Waals surface area contributed by atoms with Crippen LogP contribution in [0.1, 0.15) is 17.9 Å². The molecule has 2 aromatic rings. The van der Waals surface area contributed by atoms with Crippen molar-refractivity contribution in [2.24, 2.45) is 5.92 Å². The topological polar surface area (TPSA) is 90.4 Å². The van der Waals surface area contributed by atoms with E-state index in [2.05, 4.69) is 0 Å². The molecule has 0 aromatic heterocycles. The Morgan fingerprint density at radius 2 is 1.71 bits per heavy atom. The van der Waals surface area contributed by atoms with Crippen molar-refractivity contribution in [3.63, 3.8) is 0 Å². The van der Waals surface area contributed by atoms with E-state index in [0.29, 0.717) is 24.5 Å². The predicted octanol–water partition coefficient (Wildman–Crippen LogP) is 3.90. The minimum absolute atomic E-state index is 0.120. The molecule has 180 valence electrons. The average molecular weight is 490 g/mol. The molecule has 0 aliphatic carbocycles. The Balaban J connectivity index is 1.52. The summed E-state index contributed by atoms with van der Waals surface area (Å²) in [6, 6.07) is 12.0. The van der Waals surface area contributed by atoms with Crippen molar-refractivity contribution in [2.45, 2.75) is 18.4 Å². The van der Waals surface area contributed by atoms with E-state index in [-0.39, 0.29) is 36.7 Å². The molecule has 3 atom stereocenters. The van der Waals surface area contributed by atoms with Gasteiger partial charge < -0.3 is 24.5 Å². The molecule has 2 heterocycles. The largest absolute Gasteiger partial charge is 0.465 e. The SMILES string of the molecule is CN(C(=O)Oc1ccc(F)cc1)[C@@H]1CN(C(=O)C2CCN(C(=O)O)C2)C[C@H]1c1ccc(Cl)cc1. The fourth-order valence-corrected chi connectivity index (χ4v) is 4.73. The number of likely N-dealkylation sites (N-methyl/N-ethyl adjacent to an activating group) is 1. The highest BCUT2D eigenvalue weighted by molar-refractivity contribution is 6.30. The highest BCUT2D eigenvalue weighted by atomic mass is 35.5. The maximum Gasteiger partial charge on any atom is 0.415 e. The van der Waals surface area contributed by atoms with E-state index in [1.54, 1.807) is 24.1 Å². The van der Waals surface area contributed by atoms with E-state index in [1.807, 2.05) is 12.1 Å². The van der Waals surface area contributed by atoms with Crippen LogP contribution in [0.15, 0.2) is 48.5 Å². The van der Waals surface area contributed by atoms with Gasteiger partial charge in [0.15, 0.2) is 0 Å². The van der Waals surface area contributed by atoms with Crippen molar-refractivity contribution in [2.75, 3.05) is 33.2 Å². The molecule has 2 fully saturated rings. The van der Waals surface area contributed by atoms with Gasteiger partial charge in [0.05, 0.1) is 12.0 Å². The Labute approximate surface area is 201 Å². The van der Waals surface area contributed by atoms with Crippen LogP contribution in [0.2, 0.25) is 5.02 Å². The minimum Gasteiger partial charge on any atom is -0.465 e. The second-order valence-corrected chi connectivity index (χ2v) is 9.05. The lowest BCUT2D eigenvalue weighted by molar-refractivity contribution is -0.134. The maximum absolute atomic E-state index is 13.2. The number of likely N-dealkylation sites (tertiary alicyclic amines) is 2. The number of rotatable bonds is 4. The Hall–Kier alpha value is -3.33. The first-order valence-electron chi connectivity index (χ1n) is 10.9. The smallest absolute Gasteiger partial charge is 0.415 e. The molecule has 1 unspecified atom stereocenters. The van der Waals surface area contributed by atoms with E-state index >= 15 is 0 Å². The van der Waals surface area contributed by atoms with Gasteiger partial charge in [-0.2, -0.15) is 0 Å². The van der Waals surface area contributed by atoms with Crippen molar-refractivity contribution in [3.05, 3.63) is 64.9 Å². The van der Waals surface area contributed by atoms with Crippen LogP contribution < -0.4 is 4.74 Å². The van der Waals surface area contributed by atoms with Gasteiger partial charge in [0.1, 0.15) is 11.6 Å². The number of carboxylic acid groups (broad SMARTS) is 1. The zero-order valence-electron chi connectivity index (χ0n) is 18.6. The van der Waals surface area contributed by atoms with E-state index in [0.717, 1.165) is 5.56 Å². The molecule has 0 spiro atoms. The molecule has 1 N–H and O–H groups in total. The van der Waals surface area contributed by atoms with Gasteiger partial charge >= 0.3 is 12.2 Å². The molecule has 2 aliphatic heterocycles. The third-order valence-corrected chi connectivity index (χ3v) is 6.76. The summed E-state index contributed by atoms with van der Waals surface area (Å²) in [5, 5.41) is 9.79. The Morgan fingerprint density at radius 3 is 2.32 bits per heavy atom. The highest BCUT2D eigenvalue weighted by Crippen LogP contribution is 2.34. The Morgan fingerprint density at radius 1 is 1.03 bits per heavy atom. The van der Waals surface area contributed by atoms with Crippen molar-refractivity contribution in [3.8, 4) is 5.75 Å². The molecule has 3 amide bonds. The number of halogens is 2. The van der Waals surface area contributed by atoms with Crippen molar-refractivity contribution < 1.29 is 28.6 Å². The van der Waals surface area contributed by atoms with Crippen LogP contribution in [0, 0.1) is 11.7 Å². The monoisotopic (exact) mass is 489 g/mol. The van der Waals surface area contributed by atoms with Gasteiger partial charge in [-0.1, -0.05) is 23.7 Å². The van der Waals surface area contributed by atoms with Gasteiger partial charge in [-0.15, -0.1) is 0 Å². The van der Waals surface area contributed by atoms with Crippen LogP contribution in [-0.2, 0) is 4.79 Å². The van der Waals surface area contributed by atoms with E-state index < -0.39 is 23.9 Å². The highest BCUT2D eigenvalue weighted by Gasteiger charge is 2.43. The molecule has 0 saturated carbocycles. The van der Waals surface area contributed by atoms with Gasteiger partial charge in [0, 0.05) is 44.2 Å². The first kappa shape index (κ1) is 23.8. The van der Waals surface area contributed by atoms with Crippen LogP contribution in [0.5, 0.6) is 5.75 Å². The second-order valence-electron chi connectivity index (χ2n) is 8.62. The molecule has 4 rings (SSSR count). The van der Waals surface area contributed by atoms with Crippen LogP contribution >= 0.6 is 11.6 Å². The van der Waals surface area contributed by atoms with Gasteiger partial charge in [0.2, 0.25) is 5.91 Å². The molecule has 34 heavy (non-hydrogen) atoms. The summed E-state index contributed by atoms with van der Waals surface area (Å²) in [5.74, 6) is -0.937. The van der Waals surface area contributed by atoms with Crippen LogP contribution in [-0.4, -0.2) is 77.2 Å². The number of hydrogen-bond donors (Lipinski definition) is 1. The van der Waals surface area contributed by atoms with E-state index in [4.69, 9.17) is 16.3 Å². The number of benzene rings is 2. The van der Waals surface area contributed by atoms with E-state index in [1.165, 1.54) is 34.1 Å². The van der Waals surface area contributed by atoms with Crippen LogP contribution in [0.4, 0.5) is 14.0 Å². The lowest BCUT2D eigenvalue weighted by atomic mass is 9.93. The summed E-state index contributed by atoms with van der Waals surface area (Å²) >= 11 is 6.05. The number of nitrogens with zero attached hydrogens (tertiary/aromatic N) is 3. The minimum atomic E-state index is -1.03. The first-order valence-corrected chi connectivity index (χ1v) is 11.3. The summed E-state index contributed by atoms with van der Waals surface area (Å²) in [7, 11) is 1.61.